The van der Waals surface area contributed by atoms with Crippen LogP contribution in [0.25, 0.3) is 61.5 Å². The maximum absolute atomic E-state index is 0. The molecule has 0 aromatic heterocycles. The SMILES string of the molecule is [N-3].[N-3].[N-3].[N-3].[N-3].[N-3].[N-3].[N-3].[N-3].[N-3].[Ru+4].[Ru+4].[Ru+4].[W+6].[W+6].[W+6]. The van der Waals surface area contributed by atoms with Gasteiger partial charge in [-0.3, -0.25) is 0 Å². The van der Waals surface area contributed by atoms with Crippen molar-refractivity contribution >= 4 is 0 Å². The number of hydrogen-bond donors (Lipinski definition) is 0. The predicted molar refractivity (Wildman–Crippen MR) is 33.6 cm³/mol. The average molecular weight is 995 g/mol. The molecule has 0 fully saturated rings. The fraction of sp³-hybridized carbons (Fsp3) is 0. The van der Waals surface area contributed by atoms with Gasteiger partial charge in [-0.1, -0.05) is 0 Å². The molecular formula is N10Ru3W3. The molecule has 16 heteroatoms. The molecule has 0 aliphatic rings. The van der Waals surface area contributed by atoms with Gasteiger partial charge in [0.2, 0.25) is 0 Å². The van der Waals surface area contributed by atoms with Crippen molar-refractivity contribution in [2.45, 2.75) is 0 Å². The van der Waals surface area contributed by atoms with E-state index in [0.29, 0.717) is 0 Å². The first kappa shape index (κ1) is 537. The van der Waals surface area contributed by atoms with E-state index < -0.39 is 0 Å². The van der Waals surface area contributed by atoms with Crippen molar-refractivity contribution in [2.75, 3.05) is 0 Å². The third kappa shape index (κ3) is 384. The molecular weight excluding hydrogens is 995 g/mol. The van der Waals surface area contributed by atoms with Gasteiger partial charge in [-0.15, -0.1) is 0 Å². The summed E-state index contributed by atoms with van der Waals surface area (Å²) in [5.74, 6) is 0. The van der Waals surface area contributed by atoms with Crippen LogP contribution in [0.3, 0.4) is 0 Å². The topological polar surface area (TPSA) is 305 Å². The first-order chi connectivity index (χ1) is 0. The molecule has 0 radical (unpaired) electrons. The molecule has 0 spiro atoms. The fourth-order valence-corrected chi connectivity index (χ4v) is 0. The molecule has 0 aromatic carbocycles. The normalized spacial score (nSPS) is 0. The molecule has 16 heavy (non-hydrogen) atoms. The van der Waals surface area contributed by atoms with Crippen LogP contribution < -0.4 is 0 Å². The maximum Gasteiger partial charge on any atom is 6.00 e. The average Bonchev–Trinajstić information content (AvgIpc) is 0. The van der Waals surface area contributed by atoms with E-state index in [1.807, 2.05) is 0 Å². The zero-order chi connectivity index (χ0) is 0. The predicted octanol–water partition coefficient (Wildman–Crippen LogP) is 2.87. The van der Waals surface area contributed by atoms with Gasteiger partial charge >= 0.3 is 122 Å². The Morgan fingerprint density at radius 2 is 0.188 bits per heavy atom. The summed E-state index contributed by atoms with van der Waals surface area (Å²) in [5, 5.41) is 0. The van der Waals surface area contributed by atoms with E-state index >= 15 is 0 Å². The zero-order valence-electron chi connectivity index (χ0n) is 6.76. The molecule has 0 heterocycles. The van der Waals surface area contributed by atoms with E-state index in [2.05, 4.69) is 0 Å². The van der Waals surface area contributed by atoms with Crippen LogP contribution in [0, 0.1) is 0 Å². The summed E-state index contributed by atoms with van der Waals surface area (Å²) in [6.45, 7) is 0. The molecule has 0 aliphatic carbocycles. The Hall–Kier alpha value is 3.54. The van der Waals surface area contributed by atoms with Gasteiger partial charge in [-0.25, -0.2) is 0 Å². The Balaban J connectivity index is 0. The molecule has 0 rings (SSSR count). The summed E-state index contributed by atoms with van der Waals surface area (Å²) >= 11 is 0. The van der Waals surface area contributed by atoms with Crippen LogP contribution in [-0.4, -0.2) is 0 Å². The maximum atomic E-state index is 0. The molecule has 0 aliphatic heterocycles. The second-order valence-corrected chi connectivity index (χ2v) is 0. The minimum Gasteiger partial charge on any atom is -3.00 e. The van der Waals surface area contributed by atoms with Gasteiger partial charge in [0.05, 0.1) is 0 Å². The summed E-state index contributed by atoms with van der Waals surface area (Å²) in [6, 6.07) is 0. The first-order valence-electron chi connectivity index (χ1n) is 0. The van der Waals surface area contributed by atoms with Crippen LogP contribution in [0.1, 0.15) is 0 Å². The van der Waals surface area contributed by atoms with Crippen molar-refractivity contribution in [3.05, 3.63) is 61.5 Å². The Kier molecular flexibility index (Phi) is 15300. The summed E-state index contributed by atoms with van der Waals surface area (Å²) in [6.07, 6.45) is 0. The molecule has 0 atom stereocenters. The monoisotopic (exact) mass is 998 g/mol. The molecule has 0 N–H and O–H groups in total. The van der Waals surface area contributed by atoms with E-state index in [0.717, 1.165) is 0 Å². The molecule has 0 aromatic rings. The molecule has 0 saturated heterocycles. The van der Waals surface area contributed by atoms with Gasteiger partial charge in [0, 0.05) is 0 Å². The Morgan fingerprint density at radius 3 is 0.188 bits per heavy atom. The summed E-state index contributed by atoms with van der Waals surface area (Å²) < 4.78 is 0. The van der Waals surface area contributed by atoms with E-state index in [1.54, 1.807) is 0 Å². The molecule has 0 amide bonds. The van der Waals surface area contributed by atoms with E-state index in [-0.39, 0.29) is 183 Å². The van der Waals surface area contributed by atoms with Gasteiger partial charge in [-0.05, 0) is 0 Å². The molecule has 0 unspecified atom stereocenters. The zero-order valence-corrected chi connectivity index (χ0v) is 20.8. The second-order valence-electron chi connectivity index (χ2n) is 0. The van der Waals surface area contributed by atoms with Gasteiger partial charge in [0.15, 0.2) is 0 Å². The summed E-state index contributed by atoms with van der Waals surface area (Å²) in [5.41, 5.74) is 0. The summed E-state index contributed by atoms with van der Waals surface area (Å²) in [4.78, 5) is 0. The third-order valence-corrected chi connectivity index (χ3v) is 0. The fourth-order valence-electron chi connectivity index (χ4n) is 0. The van der Waals surface area contributed by atoms with Crippen molar-refractivity contribution in [3.8, 4) is 0 Å². The third-order valence-electron chi connectivity index (χ3n) is 0. The standard InChI is InChI=1S/10N.3Ru.3W/q10*-3;3*+4;3*+6. The Bertz CT molecular complexity index is 21.3. The minimum atomic E-state index is 0. The van der Waals surface area contributed by atoms with Crippen LogP contribution in [0.5, 0.6) is 0 Å². The number of nitrogens with zero attached hydrogens (tertiary/aromatic N) is 10. The van der Waals surface area contributed by atoms with Gasteiger partial charge < -0.3 is 61.5 Å². The van der Waals surface area contributed by atoms with Gasteiger partial charge in [-0.2, -0.15) is 0 Å². The van der Waals surface area contributed by atoms with Crippen molar-refractivity contribution in [1.29, 1.82) is 0 Å². The van der Waals surface area contributed by atoms with Crippen LogP contribution in [0.15, 0.2) is 0 Å². The van der Waals surface area contributed by atoms with E-state index in [9.17, 15) is 0 Å². The van der Waals surface area contributed by atoms with Crippen molar-refractivity contribution in [2.24, 2.45) is 0 Å². The minimum absolute atomic E-state index is 0. The second kappa shape index (κ2) is 456. The smallest absolute Gasteiger partial charge is 3.00 e. The van der Waals surface area contributed by atoms with Crippen LogP contribution in [-0.2, 0) is 122 Å². The number of hydrogen-bond acceptors (Lipinski definition) is 0. The molecule has 0 bridgehead atoms. The van der Waals surface area contributed by atoms with Gasteiger partial charge in [0.1, 0.15) is 0 Å². The van der Waals surface area contributed by atoms with Crippen molar-refractivity contribution in [1.82, 2.24) is 0 Å². The largest absolute Gasteiger partial charge is 6.00 e. The van der Waals surface area contributed by atoms with Gasteiger partial charge in [0.25, 0.3) is 0 Å². The van der Waals surface area contributed by atoms with Crippen LogP contribution >= 0.6 is 0 Å². The Morgan fingerprint density at radius 1 is 0.188 bits per heavy atom. The Labute approximate surface area is 181 Å². The quantitative estimate of drug-likeness (QED) is 0.317. The summed E-state index contributed by atoms with van der Waals surface area (Å²) in [7, 11) is 0. The molecule has 92 valence electrons. The van der Waals surface area contributed by atoms with E-state index in [4.69, 9.17) is 0 Å². The number of rotatable bonds is 0. The van der Waals surface area contributed by atoms with E-state index in [1.165, 1.54) is 0 Å². The van der Waals surface area contributed by atoms with Crippen molar-refractivity contribution in [3.63, 3.8) is 0 Å². The molecule has 10 nitrogen and oxygen atoms in total. The van der Waals surface area contributed by atoms with Crippen molar-refractivity contribution < 1.29 is 122 Å². The first-order valence-corrected chi connectivity index (χ1v) is 0. The van der Waals surface area contributed by atoms with Crippen LogP contribution in [0.2, 0.25) is 0 Å². The van der Waals surface area contributed by atoms with Crippen LogP contribution in [0.4, 0.5) is 0 Å². The molecule has 0 saturated carbocycles.